The van der Waals surface area contributed by atoms with Gasteiger partial charge < -0.3 is 14.2 Å². The molecule has 8 nitrogen and oxygen atoms in total. The topological polar surface area (TPSA) is 74.3 Å². The van der Waals surface area contributed by atoms with Crippen LogP contribution in [0.4, 0.5) is 11.6 Å². The van der Waals surface area contributed by atoms with Crippen molar-refractivity contribution >= 4 is 46.0 Å². The molecule has 4 aromatic rings. The van der Waals surface area contributed by atoms with Crippen LogP contribution >= 0.6 is 23.2 Å². The van der Waals surface area contributed by atoms with Crippen molar-refractivity contribution in [1.82, 2.24) is 18.7 Å². The molecule has 3 heterocycles. The highest BCUT2D eigenvalue weighted by molar-refractivity contribution is 6.35. The minimum atomic E-state index is -0.480. The van der Waals surface area contributed by atoms with Gasteiger partial charge in [0.15, 0.2) is 11.2 Å². The molecule has 5 rings (SSSR count). The van der Waals surface area contributed by atoms with Gasteiger partial charge in [-0.05, 0) is 36.4 Å². The number of halogens is 2. The Kier molecular flexibility index (Phi) is 4.98. The third-order valence-electron chi connectivity index (χ3n) is 5.76. The Labute approximate surface area is 192 Å². The van der Waals surface area contributed by atoms with Crippen LogP contribution < -0.4 is 20.9 Å². The molecule has 2 aromatic heterocycles. The van der Waals surface area contributed by atoms with Crippen LogP contribution in [0.25, 0.3) is 11.2 Å². The smallest absolute Gasteiger partial charge is 0.332 e. The predicted molar refractivity (Wildman–Crippen MR) is 125 cm³/mol. The quantitative estimate of drug-likeness (QED) is 0.455. The fourth-order valence-electron chi connectivity index (χ4n) is 4.07. The van der Waals surface area contributed by atoms with Crippen LogP contribution in [0.3, 0.4) is 0 Å². The highest BCUT2D eigenvalue weighted by atomic mass is 35.5. The van der Waals surface area contributed by atoms with Gasteiger partial charge in [0.05, 0.1) is 13.7 Å². The second kappa shape index (κ2) is 7.72. The molecule has 1 aliphatic rings. The van der Waals surface area contributed by atoms with Gasteiger partial charge in [-0.3, -0.25) is 13.9 Å². The van der Waals surface area contributed by atoms with Crippen molar-refractivity contribution in [2.45, 2.75) is 13.1 Å². The third-order valence-corrected chi connectivity index (χ3v) is 6.47. The van der Waals surface area contributed by atoms with Crippen LogP contribution in [-0.2, 0) is 20.1 Å². The van der Waals surface area contributed by atoms with E-state index in [1.807, 2.05) is 33.7 Å². The number of hydrogen-bond acceptors (Lipinski definition) is 5. The third kappa shape index (κ3) is 3.10. The van der Waals surface area contributed by atoms with Crippen LogP contribution in [0, 0.1) is 0 Å². The molecule has 0 unspecified atom stereocenters. The summed E-state index contributed by atoms with van der Waals surface area (Å²) in [7, 11) is 3.22. The lowest BCUT2D eigenvalue weighted by Gasteiger charge is -2.16. The number of hydrogen-bond donors (Lipinski definition) is 0. The molecule has 0 spiro atoms. The Morgan fingerprint density at radius 3 is 2.38 bits per heavy atom. The van der Waals surface area contributed by atoms with Crippen molar-refractivity contribution in [3.8, 4) is 5.75 Å². The molecule has 1 aliphatic heterocycles. The molecule has 0 N–H and O–H groups in total. The van der Waals surface area contributed by atoms with E-state index >= 15 is 0 Å². The van der Waals surface area contributed by atoms with Crippen molar-refractivity contribution in [2.24, 2.45) is 7.05 Å². The molecular formula is C22H19Cl2N5O3. The standard InChI is InChI=1S/C22H19Cl2N5O3/c1-26-19-18(20(30)29(22(26)31)12-15-16(23)4-3-5-17(15)24)28-11-10-27(21(28)25-19)13-6-8-14(32-2)9-7-13/h3-9H,10-12H2,1-2H3. The van der Waals surface area contributed by atoms with E-state index in [1.54, 1.807) is 32.4 Å². The van der Waals surface area contributed by atoms with Gasteiger partial charge in [0.1, 0.15) is 5.75 Å². The summed E-state index contributed by atoms with van der Waals surface area (Å²) in [6.45, 7) is 1.20. The molecular weight excluding hydrogens is 453 g/mol. The molecule has 0 saturated carbocycles. The van der Waals surface area contributed by atoms with E-state index in [9.17, 15) is 9.59 Å². The molecule has 0 aliphatic carbocycles. The lowest BCUT2D eigenvalue weighted by molar-refractivity contribution is 0.415. The summed E-state index contributed by atoms with van der Waals surface area (Å²) >= 11 is 12.6. The lowest BCUT2D eigenvalue weighted by Crippen LogP contribution is -2.40. The molecule has 0 atom stereocenters. The molecule has 2 aromatic carbocycles. The van der Waals surface area contributed by atoms with Gasteiger partial charge in [0, 0.05) is 41.4 Å². The summed E-state index contributed by atoms with van der Waals surface area (Å²) in [5.74, 6) is 1.37. The van der Waals surface area contributed by atoms with Crippen molar-refractivity contribution in [3.63, 3.8) is 0 Å². The Hall–Kier alpha value is -3.23. The molecule has 0 fully saturated rings. The first-order valence-electron chi connectivity index (χ1n) is 9.95. The Morgan fingerprint density at radius 1 is 1.03 bits per heavy atom. The molecule has 164 valence electrons. The van der Waals surface area contributed by atoms with Crippen LogP contribution in [0.15, 0.2) is 52.1 Å². The van der Waals surface area contributed by atoms with Crippen LogP contribution in [-0.4, -0.2) is 32.3 Å². The molecule has 0 radical (unpaired) electrons. The zero-order chi connectivity index (χ0) is 22.6. The van der Waals surface area contributed by atoms with Gasteiger partial charge in [-0.15, -0.1) is 0 Å². The maximum atomic E-state index is 13.4. The zero-order valence-corrected chi connectivity index (χ0v) is 18.9. The number of anilines is 2. The van der Waals surface area contributed by atoms with Crippen molar-refractivity contribution in [1.29, 1.82) is 0 Å². The summed E-state index contributed by atoms with van der Waals surface area (Å²) in [5.41, 5.74) is 1.26. The summed E-state index contributed by atoms with van der Waals surface area (Å²) in [5, 5.41) is 0.798. The van der Waals surface area contributed by atoms with Gasteiger partial charge in [-0.1, -0.05) is 29.3 Å². The Morgan fingerprint density at radius 2 is 1.72 bits per heavy atom. The SMILES string of the molecule is COc1ccc(N2CCn3c2nc2c3c(=O)n(Cc3c(Cl)cccc3Cl)c(=O)n2C)cc1. The number of ether oxygens (including phenoxy) is 1. The zero-order valence-electron chi connectivity index (χ0n) is 17.4. The Bertz CT molecular complexity index is 1450. The number of rotatable bonds is 4. The normalized spacial score (nSPS) is 13.1. The average molecular weight is 472 g/mol. The minimum Gasteiger partial charge on any atom is -0.497 e. The predicted octanol–water partition coefficient (Wildman–Crippen LogP) is 3.41. The molecule has 0 saturated heterocycles. The van der Waals surface area contributed by atoms with Gasteiger partial charge in [0.25, 0.3) is 5.56 Å². The minimum absolute atomic E-state index is 0.0251. The Balaban J connectivity index is 1.66. The first-order valence-corrected chi connectivity index (χ1v) is 10.7. The highest BCUT2D eigenvalue weighted by Crippen LogP contribution is 2.32. The average Bonchev–Trinajstić information content (AvgIpc) is 3.36. The van der Waals surface area contributed by atoms with E-state index in [0.717, 1.165) is 16.0 Å². The number of imidazole rings is 1. The molecule has 0 amide bonds. The molecule has 0 bridgehead atoms. The summed E-state index contributed by atoms with van der Waals surface area (Å²) in [4.78, 5) is 33.2. The lowest BCUT2D eigenvalue weighted by atomic mass is 10.2. The van der Waals surface area contributed by atoms with Crippen LogP contribution in [0.1, 0.15) is 5.56 Å². The number of aromatic nitrogens is 4. The van der Waals surface area contributed by atoms with Crippen LogP contribution in [0.2, 0.25) is 10.0 Å². The van der Waals surface area contributed by atoms with Crippen molar-refractivity contribution < 1.29 is 4.74 Å². The van der Waals surface area contributed by atoms with E-state index < -0.39 is 11.2 Å². The van der Waals surface area contributed by atoms with Crippen molar-refractivity contribution in [3.05, 3.63) is 78.9 Å². The van der Waals surface area contributed by atoms with Crippen LogP contribution in [0.5, 0.6) is 5.75 Å². The summed E-state index contributed by atoms with van der Waals surface area (Å²) in [6, 6.07) is 12.7. The fourth-order valence-corrected chi connectivity index (χ4v) is 4.58. The molecule has 10 heteroatoms. The second-order valence-electron chi connectivity index (χ2n) is 7.52. The maximum absolute atomic E-state index is 13.4. The largest absolute Gasteiger partial charge is 0.497 e. The van der Waals surface area contributed by atoms with E-state index in [1.165, 1.54) is 4.57 Å². The van der Waals surface area contributed by atoms with Crippen molar-refractivity contribution in [2.75, 3.05) is 18.6 Å². The number of nitrogens with zero attached hydrogens (tertiary/aromatic N) is 5. The van der Waals surface area contributed by atoms with E-state index in [2.05, 4.69) is 4.98 Å². The second-order valence-corrected chi connectivity index (χ2v) is 8.33. The highest BCUT2D eigenvalue weighted by Gasteiger charge is 2.29. The summed E-state index contributed by atoms with van der Waals surface area (Å²) < 4.78 is 9.63. The van der Waals surface area contributed by atoms with Gasteiger partial charge in [-0.25, -0.2) is 4.79 Å². The first kappa shape index (κ1) is 20.7. The van der Waals surface area contributed by atoms with Gasteiger partial charge >= 0.3 is 5.69 Å². The number of aryl methyl sites for hydroxylation is 1. The monoisotopic (exact) mass is 471 g/mol. The fraction of sp³-hybridized carbons (Fsp3) is 0.227. The van der Waals surface area contributed by atoms with E-state index in [-0.39, 0.29) is 6.54 Å². The summed E-state index contributed by atoms with van der Waals surface area (Å²) in [6.07, 6.45) is 0. The van der Waals surface area contributed by atoms with E-state index in [0.29, 0.717) is 45.8 Å². The number of benzene rings is 2. The number of methoxy groups -OCH3 is 1. The molecule has 32 heavy (non-hydrogen) atoms. The maximum Gasteiger partial charge on any atom is 0.332 e. The number of fused-ring (bicyclic) bond motifs is 3. The van der Waals surface area contributed by atoms with Gasteiger partial charge in [-0.2, -0.15) is 4.98 Å². The van der Waals surface area contributed by atoms with E-state index in [4.69, 9.17) is 27.9 Å². The first-order chi connectivity index (χ1) is 15.4. The van der Waals surface area contributed by atoms with Gasteiger partial charge in [0.2, 0.25) is 5.95 Å².